The van der Waals surface area contributed by atoms with Crippen LogP contribution in [0.15, 0.2) is 12.1 Å². The first-order valence-corrected chi connectivity index (χ1v) is 5.56. The van der Waals surface area contributed by atoms with Crippen LogP contribution in [0.2, 0.25) is 0 Å². The molecule has 1 aliphatic rings. The van der Waals surface area contributed by atoms with Crippen molar-refractivity contribution in [3.8, 4) is 0 Å². The van der Waals surface area contributed by atoms with Crippen LogP contribution >= 0.6 is 0 Å². The number of carbonyl (C=O) groups is 1. The third kappa shape index (κ3) is 1.96. The summed E-state index contributed by atoms with van der Waals surface area (Å²) in [5.74, 6) is -4.62. The van der Waals surface area contributed by atoms with Gasteiger partial charge in [0.1, 0.15) is 0 Å². The number of amides is 1. The topological polar surface area (TPSA) is 49.3 Å². The van der Waals surface area contributed by atoms with E-state index < -0.39 is 28.8 Å². The van der Waals surface area contributed by atoms with E-state index in [0.717, 1.165) is 12.1 Å². The van der Waals surface area contributed by atoms with E-state index in [4.69, 9.17) is 5.11 Å². The molecule has 0 aromatic heterocycles. The van der Waals surface area contributed by atoms with E-state index in [0.29, 0.717) is 12.8 Å². The third-order valence-electron chi connectivity index (χ3n) is 3.13. The highest BCUT2D eigenvalue weighted by atomic mass is 19.2. The van der Waals surface area contributed by atoms with Gasteiger partial charge >= 0.3 is 0 Å². The standard InChI is InChI=1S/C12H12F3NO2/c13-8-2-1-7(9(14)10(8)15)12(3-4-12)11(18)16-5-6-17/h1-2,17H,3-6H2,(H,16,18). The van der Waals surface area contributed by atoms with Crippen LogP contribution in [-0.2, 0) is 10.2 Å². The Hall–Kier alpha value is -1.56. The Bertz CT molecular complexity index is 486. The van der Waals surface area contributed by atoms with E-state index in [2.05, 4.69) is 5.32 Å². The van der Waals surface area contributed by atoms with E-state index >= 15 is 0 Å². The molecule has 1 aromatic carbocycles. The molecule has 18 heavy (non-hydrogen) atoms. The molecule has 0 bridgehead atoms. The molecule has 0 spiro atoms. The Balaban J connectivity index is 2.31. The first-order valence-electron chi connectivity index (χ1n) is 5.56. The van der Waals surface area contributed by atoms with Gasteiger partial charge in [-0.15, -0.1) is 0 Å². The van der Waals surface area contributed by atoms with Gasteiger partial charge in [-0.25, -0.2) is 13.2 Å². The maximum Gasteiger partial charge on any atom is 0.230 e. The molecule has 1 amide bonds. The average Bonchev–Trinajstić information content (AvgIpc) is 3.14. The molecule has 2 N–H and O–H groups in total. The average molecular weight is 259 g/mol. The summed E-state index contributed by atoms with van der Waals surface area (Å²) in [6.45, 7) is -0.187. The van der Waals surface area contributed by atoms with Gasteiger partial charge in [-0.2, -0.15) is 0 Å². The molecular weight excluding hydrogens is 247 g/mol. The molecule has 0 saturated heterocycles. The normalized spacial score (nSPS) is 16.4. The fourth-order valence-electron chi connectivity index (χ4n) is 1.98. The summed E-state index contributed by atoms with van der Waals surface area (Å²) in [4.78, 5) is 11.8. The number of hydrogen-bond donors (Lipinski definition) is 2. The summed E-state index contributed by atoms with van der Waals surface area (Å²) in [5.41, 5.74) is -1.25. The van der Waals surface area contributed by atoms with Crippen LogP contribution in [0.1, 0.15) is 18.4 Å². The minimum atomic E-state index is -1.56. The lowest BCUT2D eigenvalue weighted by Gasteiger charge is -2.16. The number of halogens is 3. The fourth-order valence-corrected chi connectivity index (χ4v) is 1.98. The minimum absolute atomic E-state index is 0.0475. The number of benzene rings is 1. The summed E-state index contributed by atoms with van der Waals surface area (Å²) >= 11 is 0. The maximum absolute atomic E-state index is 13.6. The molecule has 0 aliphatic heterocycles. The van der Waals surface area contributed by atoms with Crippen LogP contribution in [0.5, 0.6) is 0 Å². The maximum atomic E-state index is 13.6. The van der Waals surface area contributed by atoms with Crippen molar-refractivity contribution >= 4 is 5.91 Å². The summed E-state index contributed by atoms with van der Waals surface area (Å²) in [6, 6.07) is 1.91. The number of hydrogen-bond acceptors (Lipinski definition) is 2. The smallest absolute Gasteiger partial charge is 0.230 e. The zero-order valence-corrected chi connectivity index (χ0v) is 9.47. The van der Waals surface area contributed by atoms with E-state index in [1.807, 2.05) is 0 Å². The number of rotatable bonds is 4. The molecule has 0 radical (unpaired) electrons. The van der Waals surface area contributed by atoms with Crippen LogP contribution in [0.4, 0.5) is 13.2 Å². The van der Waals surface area contributed by atoms with Gasteiger partial charge in [0.05, 0.1) is 12.0 Å². The predicted octanol–water partition coefficient (Wildman–Crippen LogP) is 1.24. The number of aliphatic hydroxyl groups excluding tert-OH is 1. The first-order chi connectivity index (χ1) is 8.53. The molecule has 0 atom stereocenters. The molecule has 2 rings (SSSR count). The molecule has 0 heterocycles. The first kappa shape index (κ1) is 12.9. The lowest BCUT2D eigenvalue weighted by molar-refractivity contribution is -0.123. The van der Waals surface area contributed by atoms with Crippen LogP contribution in [0, 0.1) is 17.5 Å². The van der Waals surface area contributed by atoms with E-state index in [1.165, 1.54) is 0 Å². The molecule has 3 nitrogen and oxygen atoms in total. The highest BCUT2D eigenvalue weighted by molar-refractivity contribution is 5.91. The number of nitrogens with one attached hydrogen (secondary N) is 1. The summed E-state index contributed by atoms with van der Waals surface area (Å²) in [5, 5.41) is 11.0. The molecule has 1 saturated carbocycles. The Kier molecular flexibility index (Phi) is 3.30. The van der Waals surface area contributed by atoms with E-state index in [-0.39, 0.29) is 18.7 Å². The Labute approximate surface area is 102 Å². The molecule has 98 valence electrons. The third-order valence-corrected chi connectivity index (χ3v) is 3.13. The number of aliphatic hydroxyl groups is 1. The quantitative estimate of drug-likeness (QED) is 0.799. The van der Waals surface area contributed by atoms with Crippen molar-refractivity contribution in [1.29, 1.82) is 0 Å². The van der Waals surface area contributed by atoms with Crippen molar-refractivity contribution in [1.82, 2.24) is 5.32 Å². The molecule has 1 aromatic rings. The molecule has 0 unspecified atom stereocenters. The Morgan fingerprint density at radius 3 is 2.50 bits per heavy atom. The Morgan fingerprint density at radius 2 is 1.94 bits per heavy atom. The summed E-state index contributed by atoms with van der Waals surface area (Å²) in [6.07, 6.45) is 0.762. The van der Waals surface area contributed by atoms with Crippen molar-refractivity contribution < 1.29 is 23.1 Å². The molecule has 6 heteroatoms. The van der Waals surface area contributed by atoms with Crippen LogP contribution in [0.3, 0.4) is 0 Å². The Morgan fingerprint density at radius 1 is 1.28 bits per heavy atom. The highest BCUT2D eigenvalue weighted by Gasteiger charge is 2.53. The molecule has 1 aliphatic carbocycles. The number of carbonyl (C=O) groups excluding carboxylic acids is 1. The lowest BCUT2D eigenvalue weighted by Crippen LogP contribution is -2.37. The van der Waals surface area contributed by atoms with Crippen molar-refractivity contribution in [2.24, 2.45) is 0 Å². The molecule has 1 fully saturated rings. The van der Waals surface area contributed by atoms with Gasteiger partial charge in [0.15, 0.2) is 17.5 Å². The zero-order chi connectivity index (χ0) is 13.3. The van der Waals surface area contributed by atoms with E-state index in [1.54, 1.807) is 0 Å². The predicted molar refractivity (Wildman–Crippen MR) is 57.3 cm³/mol. The van der Waals surface area contributed by atoms with Crippen molar-refractivity contribution in [2.45, 2.75) is 18.3 Å². The van der Waals surface area contributed by atoms with E-state index in [9.17, 15) is 18.0 Å². The second-order valence-corrected chi connectivity index (χ2v) is 4.28. The molecular formula is C12H12F3NO2. The van der Waals surface area contributed by atoms with Crippen LogP contribution in [-0.4, -0.2) is 24.2 Å². The van der Waals surface area contributed by atoms with Gasteiger partial charge in [0, 0.05) is 12.1 Å². The van der Waals surface area contributed by atoms with Gasteiger partial charge in [-0.1, -0.05) is 6.07 Å². The van der Waals surface area contributed by atoms with Gasteiger partial charge < -0.3 is 10.4 Å². The summed E-state index contributed by atoms with van der Waals surface area (Å²) in [7, 11) is 0. The largest absolute Gasteiger partial charge is 0.395 e. The highest BCUT2D eigenvalue weighted by Crippen LogP contribution is 2.49. The lowest BCUT2D eigenvalue weighted by atomic mass is 9.94. The monoisotopic (exact) mass is 259 g/mol. The van der Waals surface area contributed by atoms with Crippen molar-refractivity contribution in [2.75, 3.05) is 13.2 Å². The fraction of sp³-hybridized carbons (Fsp3) is 0.417. The van der Waals surface area contributed by atoms with Gasteiger partial charge in [0.25, 0.3) is 0 Å². The van der Waals surface area contributed by atoms with Crippen molar-refractivity contribution in [3.05, 3.63) is 35.1 Å². The van der Waals surface area contributed by atoms with Gasteiger partial charge in [0.2, 0.25) is 5.91 Å². The SMILES string of the molecule is O=C(NCCO)C1(c2ccc(F)c(F)c2F)CC1. The van der Waals surface area contributed by atoms with Crippen LogP contribution in [0.25, 0.3) is 0 Å². The van der Waals surface area contributed by atoms with Gasteiger partial charge in [-0.05, 0) is 18.9 Å². The van der Waals surface area contributed by atoms with Crippen LogP contribution < -0.4 is 5.32 Å². The summed E-state index contributed by atoms with van der Waals surface area (Å²) < 4.78 is 39.6. The van der Waals surface area contributed by atoms with Crippen molar-refractivity contribution in [3.63, 3.8) is 0 Å². The van der Waals surface area contributed by atoms with Gasteiger partial charge in [-0.3, -0.25) is 4.79 Å². The second-order valence-electron chi connectivity index (χ2n) is 4.28. The minimum Gasteiger partial charge on any atom is -0.395 e. The second kappa shape index (κ2) is 4.61. The zero-order valence-electron chi connectivity index (χ0n) is 9.47.